The maximum Gasteiger partial charge on any atom is 0.251 e. The van der Waals surface area contributed by atoms with Gasteiger partial charge in [-0.15, -0.1) is 12.4 Å². The van der Waals surface area contributed by atoms with Crippen molar-refractivity contribution in [1.82, 2.24) is 20.4 Å². The van der Waals surface area contributed by atoms with Crippen molar-refractivity contribution < 1.29 is 19.1 Å². The van der Waals surface area contributed by atoms with E-state index >= 15 is 0 Å². The number of hydrogen-bond donors (Lipinski definition) is 2. The lowest BCUT2D eigenvalue weighted by Crippen LogP contribution is -2.73. The molecule has 1 atom stereocenters. The molecule has 0 saturated carbocycles. The minimum absolute atomic E-state index is 0. The Balaban J connectivity index is 0.00000423. The van der Waals surface area contributed by atoms with Gasteiger partial charge in [-0.3, -0.25) is 19.3 Å². The van der Waals surface area contributed by atoms with E-state index in [2.05, 4.69) is 34.6 Å². The number of rotatable bonds is 10. The Kier molecular flexibility index (Phi) is 10.8. The zero-order chi connectivity index (χ0) is 29.5. The van der Waals surface area contributed by atoms with E-state index in [9.17, 15) is 14.4 Å². The molecule has 2 N–H and O–H groups in total. The van der Waals surface area contributed by atoms with E-state index in [0.29, 0.717) is 37.1 Å². The Labute approximate surface area is 260 Å². The van der Waals surface area contributed by atoms with Crippen LogP contribution in [0.4, 0.5) is 0 Å². The zero-order valence-electron chi connectivity index (χ0n) is 24.9. The highest BCUT2D eigenvalue weighted by molar-refractivity contribution is 6.00. The van der Waals surface area contributed by atoms with Crippen molar-refractivity contribution in [2.24, 2.45) is 0 Å². The maximum atomic E-state index is 13.7. The predicted octanol–water partition coefficient (Wildman–Crippen LogP) is 4.96. The van der Waals surface area contributed by atoms with Crippen LogP contribution in [0.5, 0.6) is 11.5 Å². The molecule has 0 aromatic heterocycles. The Morgan fingerprint density at radius 3 is 2.16 bits per heavy atom. The van der Waals surface area contributed by atoms with Gasteiger partial charge in [-0.25, -0.2) is 0 Å². The molecule has 2 saturated heterocycles. The summed E-state index contributed by atoms with van der Waals surface area (Å²) in [5.41, 5.74) is 2.01. The molecule has 3 aromatic carbocycles. The second-order valence-corrected chi connectivity index (χ2v) is 11.2. The van der Waals surface area contributed by atoms with E-state index in [4.69, 9.17) is 4.74 Å². The lowest BCUT2D eigenvalue weighted by atomic mass is 9.81. The first-order chi connectivity index (χ1) is 20.4. The first kappa shape index (κ1) is 32.0. The number of piperazine rings is 1. The first-order valence-electron chi connectivity index (χ1n) is 14.9. The summed E-state index contributed by atoms with van der Waals surface area (Å²) in [5.74, 6) is 1.28. The average molecular weight is 605 g/mol. The SMILES string of the molecule is CCCCN1C(=O)[C@H](Cc2ccccc2)NC(=O)C12CCN(Cc1ccc(Oc3ccc(C(=O)NC)cc3)cc1)CC2.Cl. The molecule has 3 aromatic rings. The molecule has 0 unspecified atom stereocenters. The van der Waals surface area contributed by atoms with Gasteiger partial charge in [0.15, 0.2) is 0 Å². The molecule has 228 valence electrons. The third kappa shape index (κ3) is 7.37. The van der Waals surface area contributed by atoms with E-state index < -0.39 is 11.6 Å². The van der Waals surface area contributed by atoms with Crippen LogP contribution in [0.25, 0.3) is 0 Å². The topological polar surface area (TPSA) is 91.0 Å². The van der Waals surface area contributed by atoms with Crippen molar-refractivity contribution in [3.63, 3.8) is 0 Å². The number of piperidine rings is 1. The van der Waals surface area contributed by atoms with E-state index in [-0.39, 0.29) is 30.1 Å². The molecular formula is C34H41ClN4O4. The van der Waals surface area contributed by atoms with Gasteiger partial charge >= 0.3 is 0 Å². The molecule has 2 fully saturated rings. The number of nitrogens with one attached hydrogen (secondary N) is 2. The van der Waals surface area contributed by atoms with Crippen molar-refractivity contribution >= 4 is 30.1 Å². The van der Waals surface area contributed by atoms with Crippen LogP contribution in [0.2, 0.25) is 0 Å². The number of likely N-dealkylation sites (tertiary alicyclic amines) is 1. The number of benzene rings is 3. The van der Waals surface area contributed by atoms with Gasteiger partial charge in [-0.05, 0) is 66.8 Å². The fourth-order valence-electron chi connectivity index (χ4n) is 5.96. The highest BCUT2D eigenvalue weighted by Crippen LogP contribution is 2.34. The highest BCUT2D eigenvalue weighted by atomic mass is 35.5. The Morgan fingerprint density at radius 2 is 1.56 bits per heavy atom. The van der Waals surface area contributed by atoms with Crippen LogP contribution in [0, 0.1) is 0 Å². The van der Waals surface area contributed by atoms with Gasteiger partial charge < -0.3 is 20.3 Å². The number of carbonyl (C=O) groups excluding carboxylic acids is 3. The van der Waals surface area contributed by atoms with Crippen LogP contribution in [-0.4, -0.2) is 65.8 Å². The van der Waals surface area contributed by atoms with Crippen LogP contribution in [-0.2, 0) is 22.6 Å². The molecule has 2 aliphatic rings. The van der Waals surface area contributed by atoms with Crippen LogP contribution in [0.15, 0.2) is 78.9 Å². The number of nitrogens with zero attached hydrogens (tertiary/aromatic N) is 2. The van der Waals surface area contributed by atoms with Crippen molar-refractivity contribution in [3.8, 4) is 11.5 Å². The number of halogens is 1. The number of ether oxygens (including phenoxy) is 1. The summed E-state index contributed by atoms with van der Waals surface area (Å²) in [5, 5.41) is 5.71. The Morgan fingerprint density at radius 1 is 0.930 bits per heavy atom. The van der Waals surface area contributed by atoms with Gasteiger partial charge in [0.1, 0.15) is 23.1 Å². The van der Waals surface area contributed by atoms with E-state index in [0.717, 1.165) is 49.4 Å². The Bertz CT molecular complexity index is 1370. The molecule has 2 heterocycles. The van der Waals surface area contributed by atoms with Gasteiger partial charge in [0, 0.05) is 45.2 Å². The van der Waals surface area contributed by atoms with Crippen molar-refractivity contribution in [2.45, 2.75) is 57.2 Å². The summed E-state index contributed by atoms with van der Waals surface area (Å²) < 4.78 is 5.95. The summed E-state index contributed by atoms with van der Waals surface area (Å²) in [6.45, 7) is 4.97. The summed E-state index contributed by atoms with van der Waals surface area (Å²) in [6, 6.07) is 24.4. The van der Waals surface area contributed by atoms with Crippen LogP contribution >= 0.6 is 12.4 Å². The monoisotopic (exact) mass is 604 g/mol. The molecule has 0 aliphatic carbocycles. The minimum Gasteiger partial charge on any atom is -0.457 e. The van der Waals surface area contributed by atoms with Crippen molar-refractivity contribution in [2.75, 3.05) is 26.7 Å². The van der Waals surface area contributed by atoms with Gasteiger partial charge in [-0.1, -0.05) is 55.8 Å². The molecular weight excluding hydrogens is 564 g/mol. The molecule has 3 amide bonds. The largest absolute Gasteiger partial charge is 0.457 e. The van der Waals surface area contributed by atoms with Gasteiger partial charge in [0.25, 0.3) is 5.91 Å². The molecule has 43 heavy (non-hydrogen) atoms. The van der Waals surface area contributed by atoms with Gasteiger partial charge in [0.05, 0.1) is 0 Å². The molecule has 8 nitrogen and oxygen atoms in total. The summed E-state index contributed by atoms with van der Waals surface area (Å²) in [4.78, 5) is 43.4. The second-order valence-electron chi connectivity index (χ2n) is 11.2. The van der Waals surface area contributed by atoms with Crippen LogP contribution in [0.3, 0.4) is 0 Å². The Hall–Kier alpha value is -3.88. The van der Waals surface area contributed by atoms with Gasteiger partial charge in [-0.2, -0.15) is 0 Å². The van der Waals surface area contributed by atoms with E-state index in [1.54, 1.807) is 31.3 Å². The summed E-state index contributed by atoms with van der Waals surface area (Å²) >= 11 is 0. The van der Waals surface area contributed by atoms with Crippen LogP contribution < -0.4 is 15.4 Å². The number of amides is 3. The highest BCUT2D eigenvalue weighted by Gasteiger charge is 2.53. The first-order valence-corrected chi connectivity index (χ1v) is 14.9. The van der Waals surface area contributed by atoms with E-state index in [1.165, 1.54) is 0 Å². The number of unbranched alkanes of at least 4 members (excludes halogenated alkanes) is 1. The fraction of sp³-hybridized carbons (Fsp3) is 0.382. The smallest absolute Gasteiger partial charge is 0.251 e. The summed E-state index contributed by atoms with van der Waals surface area (Å²) in [6.07, 6.45) is 3.61. The quantitative estimate of drug-likeness (QED) is 0.341. The average Bonchev–Trinajstić information content (AvgIpc) is 3.02. The molecule has 0 radical (unpaired) electrons. The molecule has 9 heteroatoms. The van der Waals surface area contributed by atoms with Crippen molar-refractivity contribution in [3.05, 3.63) is 95.6 Å². The molecule has 1 spiro atoms. The summed E-state index contributed by atoms with van der Waals surface area (Å²) in [7, 11) is 1.61. The predicted molar refractivity (Wildman–Crippen MR) is 170 cm³/mol. The molecule has 5 rings (SSSR count). The number of carbonyl (C=O) groups is 3. The minimum atomic E-state index is -0.777. The standard InChI is InChI=1S/C34H40N4O4.ClH/c1-3-4-20-38-32(40)30(23-25-8-6-5-7-9-25)36-33(41)34(38)18-21-37(22-19-34)24-26-10-14-28(15-11-26)42-29-16-12-27(13-17-29)31(39)35-2;/h5-17,30H,3-4,18-24H2,1-2H3,(H,35,39)(H,36,41);1H/t30-;/m0./s1. The zero-order valence-corrected chi connectivity index (χ0v) is 25.7. The molecule has 0 bridgehead atoms. The van der Waals surface area contributed by atoms with Crippen molar-refractivity contribution in [1.29, 1.82) is 0 Å². The van der Waals surface area contributed by atoms with Gasteiger partial charge in [0.2, 0.25) is 11.8 Å². The third-order valence-corrected chi connectivity index (χ3v) is 8.42. The van der Waals surface area contributed by atoms with E-state index in [1.807, 2.05) is 47.4 Å². The lowest BCUT2D eigenvalue weighted by Gasteiger charge is -2.51. The second kappa shape index (κ2) is 14.5. The number of hydrogen-bond acceptors (Lipinski definition) is 5. The third-order valence-electron chi connectivity index (χ3n) is 8.42. The molecule has 2 aliphatic heterocycles. The normalized spacial score (nSPS) is 18.1. The fourth-order valence-corrected chi connectivity index (χ4v) is 5.96. The van der Waals surface area contributed by atoms with Crippen LogP contribution in [0.1, 0.15) is 54.1 Å². The maximum absolute atomic E-state index is 13.7. The lowest BCUT2D eigenvalue weighted by molar-refractivity contribution is -0.161.